The molecule has 0 saturated heterocycles. The maximum atomic E-state index is 11.1. The van der Waals surface area contributed by atoms with Gasteiger partial charge in [0.25, 0.3) is 0 Å². The Balaban J connectivity index is 1.36. The summed E-state index contributed by atoms with van der Waals surface area (Å²) in [6.07, 6.45) is 1.13. The smallest absolute Gasteiger partial charge is 0.304 e. The monoisotopic (exact) mass is 459 g/mol. The normalized spacial score (nSPS) is 16.4. The standard InChI is InChI=1S/C28H29NO3S/c1-3-5-24(17-28(30)31)23-8-10-25(11-9-23)32-19-22-7-4-6-21(16-22)18-29-14-12-27-26(20(29)2)13-15-33-27/h4,6-11,13,15-16,20,24H,12,14,17-19H2,1-2H3,(H,30,31). The highest BCUT2D eigenvalue weighted by atomic mass is 32.1. The average molecular weight is 460 g/mol. The first kappa shape index (κ1) is 23.1. The minimum atomic E-state index is -0.849. The molecule has 0 bridgehead atoms. The third kappa shape index (κ3) is 5.84. The van der Waals surface area contributed by atoms with Crippen LogP contribution in [0.3, 0.4) is 0 Å². The van der Waals surface area contributed by atoms with Crippen molar-refractivity contribution in [2.75, 3.05) is 6.54 Å². The van der Waals surface area contributed by atoms with E-state index in [-0.39, 0.29) is 12.3 Å². The Bertz CT molecular complexity index is 1160. The summed E-state index contributed by atoms with van der Waals surface area (Å²) in [5.74, 6) is 5.41. The van der Waals surface area contributed by atoms with Crippen LogP contribution in [-0.2, 0) is 24.4 Å². The minimum absolute atomic E-state index is 0.00279. The second-order valence-corrected chi connectivity index (χ2v) is 9.42. The molecule has 2 unspecified atom stereocenters. The van der Waals surface area contributed by atoms with Gasteiger partial charge in [0.15, 0.2) is 0 Å². The lowest BCUT2D eigenvalue weighted by molar-refractivity contribution is -0.137. The summed E-state index contributed by atoms with van der Waals surface area (Å²) < 4.78 is 6.01. The quantitative estimate of drug-likeness (QED) is 0.418. The predicted octanol–water partition coefficient (Wildman–Crippen LogP) is 6.03. The molecule has 0 amide bonds. The van der Waals surface area contributed by atoms with Gasteiger partial charge >= 0.3 is 5.97 Å². The number of nitrogens with zero attached hydrogens (tertiary/aromatic N) is 1. The Morgan fingerprint density at radius 3 is 2.76 bits per heavy atom. The number of ether oxygens (including phenoxy) is 1. The minimum Gasteiger partial charge on any atom is -0.489 e. The van der Waals surface area contributed by atoms with Gasteiger partial charge < -0.3 is 9.84 Å². The Morgan fingerprint density at radius 2 is 2.00 bits per heavy atom. The van der Waals surface area contributed by atoms with E-state index in [0.717, 1.165) is 36.4 Å². The number of hydrogen-bond donors (Lipinski definition) is 1. The van der Waals surface area contributed by atoms with Crippen LogP contribution >= 0.6 is 11.3 Å². The molecule has 2 aromatic carbocycles. The van der Waals surface area contributed by atoms with Gasteiger partial charge in [0, 0.05) is 24.0 Å². The number of fused-ring (bicyclic) bond motifs is 1. The van der Waals surface area contributed by atoms with Gasteiger partial charge in [-0.05, 0) is 66.1 Å². The van der Waals surface area contributed by atoms with Crippen molar-refractivity contribution in [3.63, 3.8) is 0 Å². The molecule has 170 valence electrons. The molecule has 5 heteroatoms. The van der Waals surface area contributed by atoms with Crippen LogP contribution in [0, 0.1) is 11.8 Å². The van der Waals surface area contributed by atoms with Crippen molar-refractivity contribution in [3.05, 3.63) is 87.1 Å². The molecule has 0 radical (unpaired) electrons. The topological polar surface area (TPSA) is 49.8 Å². The summed E-state index contributed by atoms with van der Waals surface area (Å²) in [5, 5.41) is 11.3. The zero-order valence-corrected chi connectivity index (χ0v) is 19.9. The van der Waals surface area contributed by atoms with Crippen molar-refractivity contribution in [2.45, 2.75) is 51.8 Å². The van der Waals surface area contributed by atoms with Crippen LogP contribution in [0.2, 0.25) is 0 Å². The summed E-state index contributed by atoms with van der Waals surface area (Å²) >= 11 is 1.88. The highest BCUT2D eigenvalue weighted by Crippen LogP contribution is 2.33. The third-order valence-electron chi connectivity index (χ3n) is 6.17. The fourth-order valence-corrected chi connectivity index (χ4v) is 5.36. The molecule has 0 saturated carbocycles. The summed E-state index contributed by atoms with van der Waals surface area (Å²) in [6, 6.07) is 18.9. The first-order valence-electron chi connectivity index (χ1n) is 11.3. The van der Waals surface area contributed by atoms with Crippen LogP contribution in [0.4, 0.5) is 0 Å². The largest absolute Gasteiger partial charge is 0.489 e. The van der Waals surface area contributed by atoms with E-state index in [1.54, 1.807) is 6.92 Å². The van der Waals surface area contributed by atoms with E-state index in [4.69, 9.17) is 9.84 Å². The van der Waals surface area contributed by atoms with Crippen molar-refractivity contribution >= 4 is 17.3 Å². The van der Waals surface area contributed by atoms with E-state index in [1.165, 1.54) is 16.0 Å². The molecule has 2 heterocycles. The van der Waals surface area contributed by atoms with E-state index in [1.807, 2.05) is 35.6 Å². The third-order valence-corrected chi connectivity index (χ3v) is 7.16. The van der Waals surface area contributed by atoms with E-state index in [9.17, 15) is 4.79 Å². The van der Waals surface area contributed by atoms with E-state index in [2.05, 4.69) is 59.4 Å². The van der Waals surface area contributed by atoms with Gasteiger partial charge in [0.1, 0.15) is 12.4 Å². The first-order valence-corrected chi connectivity index (χ1v) is 12.2. The van der Waals surface area contributed by atoms with Gasteiger partial charge in [0.05, 0.1) is 12.3 Å². The number of thiophene rings is 1. The summed E-state index contributed by atoms with van der Waals surface area (Å²) in [5.41, 5.74) is 4.81. The molecule has 4 rings (SSSR count). The van der Waals surface area contributed by atoms with Crippen molar-refractivity contribution in [1.82, 2.24) is 4.90 Å². The molecule has 1 N–H and O–H groups in total. The van der Waals surface area contributed by atoms with Gasteiger partial charge in [0.2, 0.25) is 0 Å². The van der Waals surface area contributed by atoms with Gasteiger partial charge in [-0.15, -0.1) is 17.3 Å². The lowest BCUT2D eigenvalue weighted by atomic mass is 9.96. The molecule has 2 atom stereocenters. The molecule has 1 aliphatic heterocycles. The molecule has 0 aliphatic carbocycles. The van der Waals surface area contributed by atoms with E-state index < -0.39 is 5.97 Å². The van der Waals surface area contributed by atoms with Gasteiger partial charge in [-0.3, -0.25) is 9.69 Å². The van der Waals surface area contributed by atoms with Crippen LogP contribution in [0.15, 0.2) is 60.0 Å². The fraction of sp³-hybridized carbons (Fsp3) is 0.321. The highest BCUT2D eigenvalue weighted by Gasteiger charge is 2.24. The number of carbonyl (C=O) groups is 1. The number of aliphatic carboxylic acids is 1. The van der Waals surface area contributed by atoms with Crippen LogP contribution in [0.25, 0.3) is 0 Å². The number of carboxylic acid groups (broad SMARTS) is 1. The molecule has 3 aromatic rings. The van der Waals surface area contributed by atoms with Crippen LogP contribution in [0.5, 0.6) is 5.75 Å². The second-order valence-electron chi connectivity index (χ2n) is 8.42. The number of hydrogen-bond acceptors (Lipinski definition) is 4. The number of benzene rings is 2. The van der Waals surface area contributed by atoms with Gasteiger partial charge in [-0.1, -0.05) is 42.3 Å². The van der Waals surface area contributed by atoms with Gasteiger partial charge in [-0.2, -0.15) is 0 Å². The molecule has 1 aromatic heterocycles. The molecule has 0 spiro atoms. The molecule has 1 aliphatic rings. The summed E-state index contributed by atoms with van der Waals surface area (Å²) in [4.78, 5) is 15.2. The molecule has 33 heavy (non-hydrogen) atoms. The molecular formula is C28H29NO3S. The second kappa shape index (κ2) is 10.7. The summed E-state index contributed by atoms with van der Waals surface area (Å²) in [6.45, 7) is 6.54. The number of rotatable bonds is 8. The predicted molar refractivity (Wildman–Crippen MR) is 133 cm³/mol. The maximum Gasteiger partial charge on any atom is 0.304 e. The zero-order chi connectivity index (χ0) is 23.2. The maximum absolute atomic E-state index is 11.1. The highest BCUT2D eigenvalue weighted by molar-refractivity contribution is 7.10. The van der Waals surface area contributed by atoms with E-state index >= 15 is 0 Å². The van der Waals surface area contributed by atoms with Crippen molar-refractivity contribution in [1.29, 1.82) is 0 Å². The van der Waals surface area contributed by atoms with Crippen LogP contribution < -0.4 is 4.74 Å². The van der Waals surface area contributed by atoms with Gasteiger partial charge in [-0.25, -0.2) is 0 Å². The molecular weight excluding hydrogens is 430 g/mol. The van der Waals surface area contributed by atoms with Crippen molar-refractivity contribution in [2.24, 2.45) is 0 Å². The Kier molecular flexibility index (Phi) is 7.49. The fourth-order valence-electron chi connectivity index (χ4n) is 4.39. The average Bonchev–Trinajstić information content (AvgIpc) is 3.29. The lowest BCUT2D eigenvalue weighted by Crippen LogP contribution is -2.32. The van der Waals surface area contributed by atoms with Crippen molar-refractivity contribution < 1.29 is 14.6 Å². The van der Waals surface area contributed by atoms with Crippen LogP contribution in [-0.4, -0.2) is 22.5 Å². The zero-order valence-electron chi connectivity index (χ0n) is 19.1. The van der Waals surface area contributed by atoms with E-state index in [0.29, 0.717) is 12.6 Å². The van der Waals surface area contributed by atoms with Crippen molar-refractivity contribution in [3.8, 4) is 17.6 Å². The SMILES string of the molecule is CC#CC(CC(=O)O)c1ccc(OCc2cccc(CN3CCc4sccc4C3C)c2)cc1. The molecule has 4 nitrogen and oxygen atoms in total. The molecule has 0 fully saturated rings. The lowest BCUT2D eigenvalue weighted by Gasteiger charge is -2.33. The Labute approximate surface area is 199 Å². The number of carboxylic acids is 1. The summed E-state index contributed by atoms with van der Waals surface area (Å²) in [7, 11) is 0. The Morgan fingerprint density at radius 1 is 1.21 bits per heavy atom. The Hall–Kier alpha value is -3.07. The first-order chi connectivity index (χ1) is 16.0. The van der Waals surface area contributed by atoms with Crippen LogP contribution in [0.1, 0.15) is 59.4 Å².